The molecule has 162 valence electrons. The fourth-order valence-electron chi connectivity index (χ4n) is 4.30. The second-order valence-electron chi connectivity index (χ2n) is 8.11. The molecule has 0 bridgehead atoms. The van der Waals surface area contributed by atoms with Gasteiger partial charge in [0.25, 0.3) is 5.91 Å². The Hall–Kier alpha value is -3.37. The predicted molar refractivity (Wildman–Crippen MR) is 131 cm³/mol. The van der Waals surface area contributed by atoms with Gasteiger partial charge in [-0.1, -0.05) is 66.2 Å². The molecule has 5 heteroatoms. The second-order valence-corrected chi connectivity index (χ2v) is 8.54. The third kappa shape index (κ3) is 4.19. The van der Waals surface area contributed by atoms with Crippen LogP contribution in [0, 0.1) is 13.8 Å². The van der Waals surface area contributed by atoms with Crippen LogP contribution in [0.2, 0.25) is 5.02 Å². The van der Waals surface area contributed by atoms with E-state index in [-0.39, 0.29) is 18.4 Å². The summed E-state index contributed by atoms with van der Waals surface area (Å²) in [5.41, 5.74) is 5.16. The number of aryl methyl sites for hydroxylation is 2. The standard InChI is InChI=1S/C27H25ClN2O2/c1-18-8-7-9-19(2)25(18)29-17-24(31)30(23-14-12-22(28)13-15-23)26(27(29)32)20(3)16-21-10-5-4-6-11-21/h4-16,26H,17H2,1-3H3/b20-16+/t26-/m0/s1. The maximum atomic E-state index is 13.9. The zero-order valence-corrected chi connectivity index (χ0v) is 19.1. The number of hydrogen-bond acceptors (Lipinski definition) is 2. The molecule has 1 aliphatic heterocycles. The van der Waals surface area contributed by atoms with E-state index in [1.165, 1.54) is 0 Å². The first-order valence-electron chi connectivity index (χ1n) is 10.6. The summed E-state index contributed by atoms with van der Waals surface area (Å²) in [6, 6.07) is 22.0. The van der Waals surface area contributed by atoms with Crippen molar-refractivity contribution in [2.75, 3.05) is 16.3 Å². The number of amides is 2. The monoisotopic (exact) mass is 444 g/mol. The van der Waals surface area contributed by atoms with E-state index in [0.717, 1.165) is 28.0 Å². The first-order valence-corrected chi connectivity index (χ1v) is 10.9. The van der Waals surface area contributed by atoms with Crippen LogP contribution < -0.4 is 9.80 Å². The minimum atomic E-state index is -0.753. The van der Waals surface area contributed by atoms with Gasteiger partial charge in [0.2, 0.25) is 5.91 Å². The van der Waals surface area contributed by atoms with E-state index in [1.807, 2.05) is 75.4 Å². The van der Waals surface area contributed by atoms with Gasteiger partial charge in [-0.05, 0) is 67.3 Å². The number of anilines is 2. The summed E-state index contributed by atoms with van der Waals surface area (Å²) >= 11 is 6.07. The molecule has 1 fully saturated rings. The second kappa shape index (κ2) is 9.01. The molecule has 0 N–H and O–H groups in total. The van der Waals surface area contributed by atoms with Gasteiger partial charge in [-0.15, -0.1) is 0 Å². The Bertz CT molecular complexity index is 1170. The molecule has 0 saturated carbocycles. The number of nitrogens with zero attached hydrogens (tertiary/aromatic N) is 2. The lowest BCUT2D eigenvalue weighted by molar-refractivity contribution is -0.127. The maximum absolute atomic E-state index is 13.9. The third-order valence-electron chi connectivity index (χ3n) is 5.76. The van der Waals surface area contributed by atoms with Crippen LogP contribution in [0.25, 0.3) is 6.08 Å². The molecular weight excluding hydrogens is 420 g/mol. The average Bonchev–Trinajstić information content (AvgIpc) is 2.77. The van der Waals surface area contributed by atoms with Gasteiger partial charge in [0.1, 0.15) is 12.6 Å². The van der Waals surface area contributed by atoms with Gasteiger partial charge >= 0.3 is 0 Å². The maximum Gasteiger partial charge on any atom is 0.254 e. The van der Waals surface area contributed by atoms with Crippen LogP contribution in [0.3, 0.4) is 0 Å². The first-order chi connectivity index (χ1) is 15.4. The smallest absolute Gasteiger partial charge is 0.254 e. The van der Waals surface area contributed by atoms with Crippen molar-refractivity contribution in [2.24, 2.45) is 0 Å². The molecule has 4 rings (SSSR count). The van der Waals surface area contributed by atoms with Crippen molar-refractivity contribution in [3.8, 4) is 0 Å². The number of rotatable bonds is 4. The molecule has 0 aromatic heterocycles. The molecule has 3 aromatic rings. The summed E-state index contributed by atoms with van der Waals surface area (Å²) in [4.78, 5) is 30.6. The Balaban J connectivity index is 1.83. The van der Waals surface area contributed by atoms with Crippen molar-refractivity contribution in [3.63, 3.8) is 0 Å². The zero-order chi connectivity index (χ0) is 22.8. The molecule has 0 spiro atoms. The molecule has 1 saturated heterocycles. The lowest BCUT2D eigenvalue weighted by Crippen LogP contribution is -2.61. The summed E-state index contributed by atoms with van der Waals surface area (Å²) in [5.74, 6) is -0.262. The highest BCUT2D eigenvalue weighted by atomic mass is 35.5. The Morgan fingerprint density at radius 2 is 1.53 bits per heavy atom. The molecule has 1 atom stereocenters. The van der Waals surface area contributed by atoms with Crippen molar-refractivity contribution >= 4 is 40.9 Å². The van der Waals surface area contributed by atoms with Gasteiger partial charge in [0.15, 0.2) is 0 Å². The summed E-state index contributed by atoms with van der Waals surface area (Å²) in [6.45, 7) is 5.82. The minimum absolute atomic E-state index is 0.0116. The van der Waals surface area contributed by atoms with Crippen LogP contribution in [0.4, 0.5) is 11.4 Å². The van der Waals surface area contributed by atoms with Crippen LogP contribution in [-0.2, 0) is 9.59 Å². The highest BCUT2D eigenvalue weighted by Gasteiger charge is 2.42. The van der Waals surface area contributed by atoms with E-state index in [4.69, 9.17) is 11.6 Å². The van der Waals surface area contributed by atoms with E-state index < -0.39 is 6.04 Å². The highest BCUT2D eigenvalue weighted by Crippen LogP contribution is 2.33. The zero-order valence-electron chi connectivity index (χ0n) is 18.4. The molecule has 0 radical (unpaired) electrons. The van der Waals surface area contributed by atoms with Gasteiger partial charge in [-0.25, -0.2) is 0 Å². The molecule has 0 aliphatic carbocycles. The van der Waals surface area contributed by atoms with E-state index in [0.29, 0.717) is 10.7 Å². The number of benzene rings is 3. The fraction of sp³-hybridized carbons (Fsp3) is 0.185. The minimum Gasteiger partial charge on any atom is -0.300 e. The van der Waals surface area contributed by atoms with Crippen LogP contribution in [0.5, 0.6) is 0 Å². The SMILES string of the molecule is C/C(=C\c1ccccc1)[C@H]1C(=O)N(c2c(C)cccc2C)CC(=O)N1c1ccc(Cl)cc1. The lowest BCUT2D eigenvalue weighted by atomic mass is 9.97. The first kappa shape index (κ1) is 21.8. The van der Waals surface area contributed by atoms with E-state index in [9.17, 15) is 9.59 Å². The third-order valence-corrected chi connectivity index (χ3v) is 6.01. The van der Waals surface area contributed by atoms with Crippen molar-refractivity contribution in [1.82, 2.24) is 0 Å². The molecular formula is C27H25ClN2O2. The van der Waals surface area contributed by atoms with E-state index in [2.05, 4.69) is 0 Å². The summed E-state index contributed by atoms with van der Waals surface area (Å²) in [7, 11) is 0. The lowest BCUT2D eigenvalue weighted by Gasteiger charge is -2.41. The van der Waals surface area contributed by atoms with Gasteiger partial charge in [-0.3, -0.25) is 14.5 Å². The normalized spacial score (nSPS) is 17.1. The van der Waals surface area contributed by atoms with Crippen LogP contribution in [0.1, 0.15) is 23.6 Å². The molecule has 32 heavy (non-hydrogen) atoms. The number of carbonyl (C=O) groups is 2. The van der Waals surface area contributed by atoms with Crippen molar-refractivity contribution in [2.45, 2.75) is 26.8 Å². The Labute approximate surface area is 193 Å². The number of para-hydroxylation sites is 1. The number of piperazine rings is 1. The van der Waals surface area contributed by atoms with Crippen LogP contribution >= 0.6 is 11.6 Å². The van der Waals surface area contributed by atoms with Crippen molar-refractivity contribution in [1.29, 1.82) is 0 Å². The van der Waals surface area contributed by atoms with E-state index in [1.54, 1.807) is 34.1 Å². The van der Waals surface area contributed by atoms with Gasteiger partial charge in [0.05, 0.1) is 5.69 Å². The molecule has 1 heterocycles. The van der Waals surface area contributed by atoms with Crippen molar-refractivity contribution < 1.29 is 9.59 Å². The summed E-state index contributed by atoms with van der Waals surface area (Å²) < 4.78 is 0. The molecule has 2 amide bonds. The Kier molecular flexibility index (Phi) is 6.15. The van der Waals surface area contributed by atoms with Crippen LogP contribution in [0.15, 0.2) is 78.4 Å². The van der Waals surface area contributed by atoms with Crippen LogP contribution in [-0.4, -0.2) is 24.4 Å². The average molecular weight is 445 g/mol. The number of carbonyl (C=O) groups excluding carboxylic acids is 2. The Morgan fingerprint density at radius 1 is 0.906 bits per heavy atom. The molecule has 1 aliphatic rings. The number of halogens is 1. The van der Waals surface area contributed by atoms with Gasteiger partial charge in [-0.2, -0.15) is 0 Å². The fourth-order valence-corrected chi connectivity index (χ4v) is 4.42. The summed E-state index contributed by atoms with van der Waals surface area (Å²) in [6.07, 6.45) is 1.97. The largest absolute Gasteiger partial charge is 0.300 e. The van der Waals surface area contributed by atoms with E-state index >= 15 is 0 Å². The molecule has 4 nitrogen and oxygen atoms in total. The Morgan fingerprint density at radius 3 is 2.16 bits per heavy atom. The van der Waals surface area contributed by atoms with Crippen molar-refractivity contribution in [3.05, 3.63) is 100 Å². The quantitative estimate of drug-likeness (QED) is 0.509. The molecule has 3 aromatic carbocycles. The summed E-state index contributed by atoms with van der Waals surface area (Å²) in [5, 5.41) is 0.579. The predicted octanol–water partition coefficient (Wildman–Crippen LogP) is 5.81. The van der Waals surface area contributed by atoms with Gasteiger partial charge in [0, 0.05) is 10.7 Å². The topological polar surface area (TPSA) is 40.6 Å². The van der Waals surface area contributed by atoms with Gasteiger partial charge < -0.3 is 4.90 Å². The molecule has 0 unspecified atom stereocenters. The number of hydrogen-bond donors (Lipinski definition) is 0. The highest BCUT2D eigenvalue weighted by molar-refractivity contribution is 6.30.